The van der Waals surface area contributed by atoms with Crippen LogP contribution >= 0.6 is 11.6 Å². The predicted molar refractivity (Wildman–Crippen MR) is 105 cm³/mol. The largest absolute Gasteiger partial charge is 0.495 e. The van der Waals surface area contributed by atoms with Gasteiger partial charge in [0.2, 0.25) is 0 Å². The molecule has 0 radical (unpaired) electrons. The average molecular weight is 366 g/mol. The van der Waals surface area contributed by atoms with E-state index in [1.165, 1.54) is 0 Å². The lowest BCUT2D eigenvalue weighted by Gasteiger charge is -2.22. The van der Waals surface area contributed by atoms with Crippen LogP contribution in [0.2, 0.25) is 5.02 Å². The monoisotopic (exact) mass is 365 g/mol. The smallest absolute Gasteiger partial charge is 0.252 e. The fourth-order valence-electron chi connectivity index (χ4n) is 2.92. The molecule has 0 fully saturated rings. The van der Waals surface area contributed by atoms with E-state index in [1.807, 2.05) is 61.5 Å². The second kappa shape index (κ2) is 8.07. The molecule has 3 aromatic carbocycles. The summed E-state index contributed by atoms with van der Waals surface area (Å²) < 4.78 is 5.15. The number of carbonyl (C=O) groups is 1. The molecule has 3 rings (SSSR count). The highest BCUT2D eigenvalue weighted by Gasteiger charge is 2.19. The zero-order valence-electron chi connectivity index (χ0n) is 14.7. The lowest BCUT2D eigenvalue weighted by atomic mass is 9.94. The van der Waals surface area contributed by atoms with Crippen LogP contribution in [-0.2, 0) is 0 Å². The summed E-state index contributed by atoms with van der Waals surface area (Å²) in [6, 6.07) is 22.8. The highest BCUT2D eigenvalue weighted by atomic mass is 35.5. The minimum Gasteiger partial charge on any atom is -0.495 e. The molecule has 1 atom stereocenters. The number of aryl methyl sites for hydroxylation is 1. The van der Waals surface area contributed by atoms with Gasteiger partial charge < -0.3 is 10.1 Å². The molecule has 0 aliphatic rings. The van der Waals surface area contributed by atoms with Crippen LogP contribution in [0.1, 0.15) is 33.1 Å². The maximum Gasteiger partial charge on any atom is 0.252 e. The molecule has 0 saturated heterocycles. The van der Waals surface area contributed by atoms with Crippen LogP contribution in [0.5, 0.6) is 5.75 Å². The molecular weight excluding hydrogens is 346 g/mol. The van der Waals surface area contributed by atoms with Crippen molar-refractivity contribution in [2.75, 3.05) is 7.11 Å². The van der Waals surface area contributed by atoms with Crippen LogP contribution in [0.15, 0.2) is 72.8 Å². The Bertz CT molecular complexity index is 909. The normalized spacial score (nSPS) is 11.7. The number of rotatable bonds is 5. The van der Waals surface area contributed by atoms with Gasteiger partial charge in [-0.1, -0.05) is 66.2 Å². The van der Waals surface area contributed by atoms with Crippen LogP contribution in [-0.4, -0.2) is 13.0 Å². The third kappa shape index (κ3) is 3.89. The molecule has 0 spiro atoms. The molecule has 0 bridgehead atoms. The van der Waals surface area contributed by atoms with Gasteiger partial charge in [-0.25, -0.2) is 0 Å². The van der Waals surface area contributed by atoms with Gasteiger partial charge in [-0.05, 0) is 41.8 Å². The number of ether oxygens (including phenoxy) is 1. The molecule has 1 N–H and O–H groups in total. The van der Waals surface area contributed by atoms with E-state index in [4.69, 9.17) is 16.3 Å². The Labute approximate surface area is 158 Å². The van der Waals surface area contributed by atoms with E-state index in [0.717, 1.165) is 16.7 Å². The molecule has 3 aromatic rings. The second-order valence-corrected chi connectivity index (χ2v) is 6.43. The van der Waals surface area contributed by atoms with Crippen molar-refractivity contribution in [3.05, 3.63) is 100 Å². The first-order valence-electron chi connectivity index (χ1n) is 8.35. The van der Waals surface area contributed by atoms with Crippen LogP contribution in [0.25, 0.3) is 0 Å². The zero-order chi connectivity index (χ0) is 18.5. The highest BCUT2D eigenvalue weighted by Crippen LogP contribution is 2.27. The Balaban J connectivity index is 1.95. The van der Waals surface area contributed by atoms with Gasteiger partial charge in [0.1, 0.15) is 5.75 Å². The number of nitrogens with one attached hydrogen (secondary N) is 1. The number of methoxy groups -OCH3 is 1. The Morgan fingerprint density at radius 3 is 2.35 bits per heavy atom. The van der Waals surface area contributed by atoms with Crippen molar-refractivity contribution in [1.82, 2.24) is 5.32 Å². The summed E-state index contributed by atoms with van der Waals surface area (Å²) in [6.45, 7) is 2.04. The summed E-state index contributed by atoms with van der Waals surface area (Å²) in [6.07, 6.45) is 0. The SMILES string of the molecule is COc1ccc(C(=O)N[C@@H](c2ccccc2)c2ccccc2C)cc1Cl. The number of benzene rings is 3. The molecule has 0 heterocycles. The van der Waals surface area contributed by atoms with Gasteiger partial charge in [0.05, 0.1) is 18.2 Å². The fourth-order valence-corrected chi connectivity index (χ4v) is 3.18. The molecule has 0 aromatic heterocycles. The Morgan fingerprint density at radius 2 is 1.69 bits per heavy atom. The maximum absolute atomic E-state index is 12.9. The standard InChI is InChI=1S/C22H20ClNO2/c1-15-8-6-7-11-18(15)21(16-9-4-3-5-10-16)24-22(25)17-12-13-20(26-2)19(23)14-17/h3-14,21H,1-2H3,(H,24,25)/t21-/m0/s1. The lowest BCUT2D eigenvalue weighted by Crippen LogP contribution is -2.29. The summed E-state index contributed by atoms with van der Waals surface area (Å²) in [5.74, 6) is 0.355. The second-order valence-electron chi connectivity index (χ2n) is 6.02. The highest BCUT2D eigenvalue weighted by molar-refractivity contribution is 6.32. The maximum atomic E-state index is 12.9. The van der Waals surface area contributed by atoms with Crippen LogP contribution < -0.4 is 10.1 Å². The van der Waals surface area contributed by atoms with Crippen molar-refractivity contribution in [3.63, 3.8) is 0 Å². The van der Waals surface area contributed by atoms with E-state index in [2.05, 4.69) is 5.32 Å². The van der Waals surface area contributed by atoms with Crippen LogP contribution in [0, 0.1) is 6.92 Å². The van der Waals surface area contributed by atoms with Crippen molar-refractivity contribution in [2.45, 2.75) is 13.0 Å². The van der Waals surface area contributed by atoms with E-state index in [1.54, 1.807) is 25.3 Å². The fraction of sp³-hybridized carbons (Fsp3) is 0.136. The Morgan fingerprint density at radius 1 is 1.00 bits per heavy atom. The first-order chi connectivity index (χ1) is 12.6. The van der Waals surface area contributed by atoms with E-state index in [-0.39, 0.29) is 11.9 Å². The van der Waals surface area contributed by atoms with Crippen LogP contribution in [0.3, 0.4) is 0 Å². The molecule has 1 amide bonds. The summed E-state index contributed by atoms with van der Waals surface area (Å²) >= 11 is 6.16. The van der Waals surface area contributed by atoms with E-state index >= 15 is 0 Å². The summed E-state index contributed by atoms with van der Waals surface area (Å²) in [5.41, 5.74) is 3.70. The summed E-state index contributed by atoms with van der Waals surface area (Å²) in [7, 11) is 1.55. The van der Waals surface area contributed by atoms with Crippen molar-refractivity contribution in [1.29, 1.82) is 0 Å². The van der Waals surface area contributed by atoms with Gasteiger partial charge in [-0.15, -0.1) is 0 Å². The quantitative estimate of drug-likeness (QED) is 0.676. The minimum atomic E-state index is -0.245. The third-order valence-corrected chi connectivity index (χ3v) is 4.62. The molecule has 0 saturated carbocycles. The van der Waals surface area contributed by atoms with E-state index in [9.17, 15) is 4.79 Å². The van der Waals surface area contributed by atoms with E-state index in [0.29, 0.717) is 16.3 Å². The Hall–Kier alpha value is -2.78. The summed E-state index contributed by atoms with van der Waals surface area (Å²) in [4.78, 5) is 12.9. The molecule has 26 heavy (non-hydrogen) atoms. The summed E-state index contributed by atoms with van der Waals surface area (Å²) in [5, 5.41) is 3.54. The Kier molecular flexibility index (Phi) is 5.59. The molecular formula is C22H20ClNO2. The average Bonchev–Trinajstić information content (AvgIpc) is 2.67. The molecule has 0 aliphatic heterocycles. The van der Waals surface area contributed by atoms with Crippen molar-refractivity contribution in [2.24, 2.45) is 0 Å². The number of carbonyl (C=O) groups excluding carboxylic acids is 1. The first-order valence-corrected chi connectivity index (χ1v) is 8.73. The third-order valence-electron chi connectivity index (χ3n) is 4.32. The van der Waals surface area contributed by atoms with Gasteiger partial charge in [0, 0.05) is 5.56 Å². The number of halogens is 1. The first kappa shape index (κ1) is 18.0. The topological polar surface area (TPSA) is 38.3 Å². The van der Waals surface area contributed by atoms with Crippen molar-refractivity contribution in [3.8, 4) is 5.75 Å². The van der Waals surface area contributed by atoms with Gasteiger partial charge in [0.15, 0.2) is 0 Å². The predicted octanol–water partition coefficient (Wildman–Crippen LogP) is 5.18. The van der Waals surface area contributed by atoms with Crippen LogP contribution in [0.4, 0.5) is 0 Å². The van der Waals surface area contributed by atoms with Crippen molar-refractivity contribution < 1.29 is 9.53 Å². The number of amides is 1. The molecule has 4 heteroatoms. The minimum absolute atomic E-state index is 0.188. The van der Waals surface area contributed by atoms with E-state index < -0.39 is 0 Å². The molecule has 132 valence electrons. The number of hydrogen-bond donors (Lipinski definition) is 1. The van der Waals surface area contributed by atoms with Gasteiger partial charge in [0.25, 0.3) is 5.91 Å². The van der Waals surface area contributed by atoms with Gasteiger partial charge >= 0.3 is 0 Å². The van der Waals surface area contributed by atoms with Crippen molar-refractivity contribution >= 4 is 17.5 Å². The molecule has 0 aliphatic carbocycles. The number of hydrogen-bond acceptors (Lipinski definition) is 2. The van der Waals surface area contributed by atoms with Gasteiger partial charge in [-0.2, -0.15) is 0 Å². The zero-order valence-corrected chi connectivity index (χ0v) is 15.5. The molecule has 3 nitrogen and oxygen atoms in total. The lowest BCUT2D eigenvalue weighted by molar-refractivity contribution is 0.0943. The van der Waals surface area contributed by atoms with Gasteiger partial charge in [-0.3, -0.25) is 4.79 Å². The molecule has 0 unspecified atom stereocenters.